The van der Waals surface area contributed by atoms with Crippen molar-refractivity contribution in [2.24, 2.45) is 0 Å². The van der Waals surface area contributed by atoms with Gasteiger partial charge < -0.3 is 20.3 Å². The Morgan fingerprint density at radius 2 is 0.927 bits per heavy atom. The van der Waals surface area contributed by atoms with Crippen LogP contribution in [-0.4, -0.2) is 21.0 Å². The Bertz CT molecular complexity index is 2050. The molecular weight excluding hydrogens is 500 g/mol. The summed E-state index contributed by atoms with van der Waals surface area (Å²) >= 11 is 0. The van der Waals surface area contributed by atoms with Gasteiger partial charge in [0.2, 0.25) is 0 Å². The summed E-state index contributed by atoms with van der Waals surface area (Å²) in [5.74, 6) is 0. The number of rotatable bonds is 3. The molecule has 5 heterocycles. The van der Waals surface area contributed by atoms with E-state index >= 15 is 0 Å². The molecule has 0 saturated carbocycles. The summed E-state index contributed by atoms with van der Waals surface area (Å²) in [5, 5.41) is 6.03. The molecule has 4 heteroatoms. The summed E-state index contributed by atoms with van der Waals surface area (Å²) in [6.07, 6.45) is 4.50. The molecule has 2 aliphatic rings. The van der Waals surface area contributed by atoms with E-state index in [4.69, 9.17) is 0 Å². The fourth-order valence-electron chi connectivity index (χ4n) is 6.12. The zero-order valence-corrected chi connectivity index (χ0v) is 22.4. The third kappa shape index (κ3) is 4.09. The van der Waals surface area contributed by atoms with Crippen LogP contribution >= 0.6 is 0 Å². The van der Waals surface area contributed by atoms with Gasteiger partial charge in [0.1, 0.15) is 0 Å². The number of aromatic nitrogens is 3. The van der Waals surface area contributed by atoms with Gasteiger partial charge in [-0.15, -0.1) is 0 Å². The number of nitrogens with one attached hydrogen (secondary N) is 4. The van der Waals surface area contributed by atoms with E-state index in [-0.39, 0.29) is 6.04 Å². The molecule has 0 aliphatic carbocycles. The summed E-state index contributed by atoms with van der Waals surface area (Å²) in [7, 11) is 0. The molecule has 4 nitrogen and oxygen atoms in total. The van der Waals surface area contributed by atoms with Crippen LogP contribution in [0.25, 0.3) is 28.1 Å². The topological polar surface area (TPSA) is 59.4 Å². The highest BCUT2D eigenvalue weighted by molar-refractivity contribution is 5.85. The molecule has 6 aromatic rings. The lowest BCUT2D eigenvalue weighted by Gasteiger charge is -2.18. The molecule has 1 unspecified atom stereocenters. The van der Waals surface area contributed by atoms with E-state index in [0.29, 0.717) is 0 Å². The first-order valence-electron chi connectivity index (χ1n) is 14.0. The first kappa shape index (κ1) is 23.4. The van der Waals surface area contributed by atoms with Gasteiger partial charge in [-0.25, -0.2) is 0 Å². The Labute approximate surface area is 238 Å². The molecule has 196 valence electrons. The van der Waals surface area contributed by atoms with Gasteiger partial charge in [-0.3, -0.25) is 0 Å². The maximum Gasteiger partial charge on any atom is 0.0728 e. The Hall–Kier alpha value is -5.48. The fourth-order valence-corrected chi connectivity index (χ4v) is 6.12. The highest BCUT2D eigenvalue weighted by Gasteiger charge is 2.24. The van der Waals surface area contributed by atoms with Crippen LogP contribution in [0, 0.1) is 0 Å². The van der Waals surface area contributed by atoms with E-state index in [1.165, 1.54) is 11.1 Å². The van der Waals surface area contributed by atoms with Crippen molar-refractivity contribution >= 4 is 16.7 Å². The van der Waals surface area contributed by atoms with Gasteiger partial charge in [0, 0.05) is 44.5 Å². The highest BCUT2D eigenvalue weighted by Crippen LogP contribution is 2.33. The maximum atomic E-state index is 3.88. The van der Waals surface area contributed by atoms with Crippen LogP contribution in [0.15, 0.2) is 145 Å². The first-order chi connectivity index (χ1) is 20.3. The third-order valence-electron chi connectivity index (χ3n) is 8.00. The quantitative estimate of drug-likeness (QED) is 0.221. The van der Waals surface area contributed by atoms with Crippen molar-refractivity contribution in [1.82, 2.24) is 20.3 Å². The van der Waals surface area contributed by atoms with Gasteiger partial charge in [-0.2, -0.15) is 0 Å². The van der Waals surface area contributed by atoms with Crippen molar-refractivity contribution in [2.75, 3.05) is 0 Å². The predicted molar refractivity (Wildman–Crippen MR) is 166 cm³/mol. The van der Waals surface area contributed by atoms with Gasteiger partial charge in [0.15, 0.2) is 0 Å². The second-order valence-corrected chi connectivity index (χ2v) is 10.5. The number of benzene rings is 3. The van der Waals surface area contributed by atoms with E-state index in [1.807, 2.05) is 0 Å². The van der Waals surface area contributed by atoms with Crippen molar-refractivity contribution in [3.8, 4) is 11.4 Å². The first-order valence-corrected chi connectivity index (χ1v) is 14.0. The van der Waals surface area contributed by atoms with Crippen molar-refractivity contribution < 1.29 is 0 Å². The predicted octanol–water partition coefficient (Wildman–Crippen LogP) is 6.09. The molecule has 0 radical (unpaired) electrons. The average Bonchev–Trinajstić information content (AvgIpc) is 3.84. The molecule has 4 N–H and O–H groups in total. The lowest BCUT2D eigenvalue weighted by Crippen LogP contribution is -2.29. The zero-order valence-electron chi connectivity index (χ0n) is 22.4. The number of hydrogen-bond donors (Lipinski definition) is 4. The van der Waals surface area contributed by atoms with Crippen LogP contribution < -0.4 is 16.0 Å². The Balaban J connectivity index is 1.45. The van der Waals surface area contributed by atoms with Gasteiger partial charge in [0.25, 0.3) is 0 Å². The molecule has 41 heavy (non-hydrogen) atoms. The Morgan fingerprint density at radius 3 is 1.56 bits per heavy atom. The van der Waals surface area contributed by atoms with Crippen molar-refractivity contribution in [1.29, 1.82) is 0 Å². The minimum Gasteiger partial charge on any atom is -0.374 e. The molecule has 8 rings (SSSR count). The van der Waals surface area contributed by atoms with Crippen LogP contribution in [0.4, 0.5) is 0 Å². The second-order valence-electron chi connectivity index (χ2n) is 10.5. The zero-order chi connectivity index (χ0) is 27.2. The molecule has 3 aromatic carbocycles. The van der Waals surface area contributed by atoms with E-state index < -0.39 is 0 Å². The van der Waals surface area contributed by atoms with Crippen LogP contribution in [0.3, 0.4) is 0 Å². The highest BCUT2D eigenvalue weighted by atomic mass is 15.0. The number of fused-ring (bicyclic) bond motifs is 9. The minimum atomic E-state index is -0.00570. The molecule has 1 atom stereocenters. The third-order valence-corrected chi connectivity index (χ3v) is 8.00. The summed E-state index contributed by atoms with van der Waals surface area (Å²) in [5.41, 5.74) is 12.3. The number of hydrogen-bond acceptors (Lipinski definition) is 1. The largest absolute Gasteiger partial charge is 0.374 e. The molecule has 0 fully saturated rings. The van der Waals surface area contributed by atoms with Crippen LogP contribution in [0.2, 0.25) is 0 Å². The number of H-pyrrole nitrogens is 3. The lowest BCUT2D eigenvalue weighted by molar-refractivity contribution is 0.855. The maximum absolute atomic E-state index is 3.88. The summed E-state index contributed by atoms with van der Waals surface area (Å²) in [6.45, 7) is 0. The molecule has 0 spiro atoms. The van der Waals surface area contributed by atoms with Gasteiger partial charge >= 0.3 is 0 Å². The van der Waals surface area contributed by atoms with Crippen molar-refractivity contribution in [3.05, 3.63) is 184 Å². The lowest BCUT2D eigenvalue weighted by atomic mass is 9.98. The SMILES string of the molecule is C1=CC2N/C1=C(/c1ccccc1)c1ccc([nH]1)-c1ccc([nH]1)/C(c1ccccc1)=c1/cc/c([nH]1)=C/2c1ccccc1. The second kappa shape index (κ2) is 9.61. The van der Waals surface area contributed by atoms with Crippen LogP contribution in [0.5, 0.6) is 0 Å². The molecule has 8 bridgehead atoms. The number of aromatic amines is 3. The van der Waals surface area contributed by atoms with E-state index in [9.17, 15) is 0 Å². The Kier molecular flexibility index (Phi) is 5.49. The molecule has 2 aliphatic heterocycles. The molecular formula is C37H28N4. The van der Waals surface area contributed by atoms with E-state index in [2.05, 4.69) is 160 Å². The summed E-state index contributed by atoms with van der Waals surface area (Å²) in [6, 6.07) is 44.9. The monoisotopic (exact) mass is 528 g/mol. The van der Waals surface area contributed by atoms with E-state index in [1.54, 1.807) is 0 Å². The standard InChI is InChI=1S/C37H28N4/c1-4-10-24(11-5-1)35-29-18-16-27(38-29)28-17-19-30(39-28)36(25-12-6-2-7-13-25)32-21-23-34(41-32)37(26-14-8-3-9-15-26)33-22-20-31(35)40-33/h1-23,33,38-41H/b35-31-,36-32-,37-34-. The van der Waals surface area contributed by atoms with Crippen LogP contribution in [-0.2, 0) is 0 Å². The minimum absolute atomic E-state index is 0.00570. The van der Waals surface area contributed by atoms with Crippen LogP contribution in [0.1, 0.15) is 28.1 Å². The van der Waals surface area contributed by atoms with E-state index in [0.717, 1.165) is 61.4 Å². The average molecular weight is 529 g/mol. The van der Waals surface area contributed by atoms with Gasteiger partial charge in [-0.05, 0) is 59.2 Å². The fraction of sp³-hybridized carbons (Fsp3) is 0.0270. The molecule has 0 amide bonds. The smallest absolute Gasteiger partial charge is 0.0728 e. The van der Waals surface area contributed by atoms with Gasteiger partial charge in [0.05, 0.1) is 17.4 Å². The molecule has 3 aromatic heterocycles. The van der Waals surface area contributed by atoms with Crippen molar-refractivity contribution in [3.63, 3.8) is 0 Å². The van der Waals surface area contributed by atoms with Crippen molar-refractivity contribution in [2.45, 2.75) is 6.04 Å². The van der Waals surface area contributed by atoms with Gasteiger partial charge in [-0.1, -0.05) is 97.1 Å². The summed E-state index contributed by atoms with van der Waals surface area (Å²) in [4.78, 5) is 11.2. The molecule has 0 saturated heterocycles. The number of allylic oxidation sites excluding steroid dienone is 1. The Morgan fingerprint density at radius 1 is 0.415 bits per heavy atom. The normalized spacial score (nSPS) is 20.3. The summed E-state index contributed by atoms with van der Waals surface area (Å²) < 4.78 is 0.